The van der Waals surface area contributed by atoms with Crippen LogP contribution in [0, 0.1) is 0 Å². The van der Waals surface area contributed by atoms with Gasteiger partial charge in [-0.25, -0.2) is 0 Å². The first-order chi connectivity index (χ1) is 23.7. The van der Waals surface area contributed by atoms with Crippen LogP contribution in [0.25, 0.3) is 0 Å². The van der Waals surface area contributed by atoms with E-state index < -0.39 is 71.1 Å². The van der Waals surface area contributed by atoms with Crippen molar-refractivity contribution in [3.63, 3.8) is 0 Å². The first-order valence-corrected chi connectivity index (χ1v) is 15.8. The summed E-state index contributed by atoms with van der Waals surface area (Å²) in [6, 6.07) is 14.2. The highest BCUT2D eigenvalue weighted by atomic mass is 32.1. The van der Waals surface area contributed by atoms with Gasteiger partial charge in [-0.2, -0.15) is 0 Å². The molecule has 3 aromatic carbocycles. The molecule has 264 valence electrons. The van der Waals surface area contributed by atoms with Gasteiger partial charge in [0.2, 0.25) is 34.7 Å². The molecule has 0 spiro atoms. The third-order valence-electron chi connectivity index (χ3n) is 7.38. The van der Waals surface area contributed by atoms with Crippen LogP contribution in [0.4, 0.5) is 0 Å². The summed E-state index contributed by atoms with van der Waals surface area (Å²) in [6.45, 7) is 0. The van der Waals surface area contributed by atoms with Gasteiger partial charge in [0, 0.05) is 24.8 Å². The number of amides is 6. The molecule has 4 atom stereocenters. The van der Waals surface area contributed by atoms with E-state index in [4.69, 9.17) is 11.5 Å². The highest BCUT2D eigenvalue weighted by molar-refractivity contribution is 7.96. The molecule has 10 N–H and O–H groups in total. The number of thiol groups is 1. The second-order valence-corrected chi connectivity index (χ2v) is 11.8. The molecule has 0 aromatic heterocycles. The Bertz CT molecular complexity index is 1690. The fourth-order valence-electron chi connectivity index (χ4n) is 4.76. The molecule has 0 aliphatic carbocycles. The summed E-state index contributed by atoms with van der Waals surface area (Å²) in [5.41, 5.74) is 11.8. The smallest absolute Gasteiger partial charge is 0.251 e. The van der Waals surface area contributed by atoms with Gasteiger partial charge in [-0.15, -0.1) is 12.6 Å². The summed E-state index contributed by atoms with van der Waals surface area (Å²) in [5, 5.41) is 28.7. The van der Waals surface area contributed by atoms with Gasteiger partial charge in [0.15, 0.2) is 0 Å². The molecule has 15 nitrogen and oxygen atoms in total. The summed E-state index contributed by atoms with van der Waals surface area (Å²) in [7, 11) is 0. The number of hydrogen-bond acceptors (Lipinski definition) is 9. The molecule has 0 aliphatic heterocycles. The minimum absolute atomic E-state index is 0.0128. The monoisotopic (exact) mass is 706 g/mol. The Morgan fingerprint density at radius 1 is 0.580 bits per heavy atom. The molecule has 6 amide bonds. The topological polar surface area (TPSA) is 260 Å². The molecular formula is C34H38N6O9S. The van der Waals surface area contributed by atoms with E-state index in [2.05, 4.69) is 33.9 Å². The van der Waals surface area contributed by atoms with Crippen molar-refractivity contribution in [2.45, 2.75) is 56.3 Å². The number of aromatic hydroxyl groups is 2. The van der Waals surface area contributed by atoms with E-state index in [0.29, 0.717) is 11.1 Å². The summed E-state index contributed by atoms with van der Waals surface area (Å²) in [4.78, 5) is 89.1. The summed E-state index contributed by atoms with van der Waals surface area (Å²) >= 11 is 3.73. The van der Waals surface area contributed by atoms with Crippen molar-refractivity contribution in [1.29, 1.82) is 0 Å². The zero-order chi connectivity index (χ0) is 36.8. The van der Waals surface area contributed by atoms with Crippen LogP contribution in [-0.4, -0.2) is 74.9 Å². The second-order valence-electron chi connectivity index (χ2n) is 11.3. The van der Waals surface area contributed by atoms with Crippen molar-refractivity contribution in [1.82, 2.24) is 21.3 Å². The highest BCUT2D eigenvalue weighted by Gasteiger charge is 2.32. The van der Waals surface area contributed by atoms with Crippen molar-refractivity contribution >= 4 is 53.2 Å². The molecule has 0 saturated heterocycles. The average Bonchev–Trinajstić information content (AvgIpc) is 3.07. The zero-order valence-corrected chi connectivity index (χ0v) is 27.6. The van der Waals surface area contributed by atoms with Crippen molar-refractivity contribution in [2.75, 3.05) is 0 Å². The van der Waals surface area contributed by atoms with E-state index in [1.54, 1.807) is 42.5 Å². The van der Waals surface area contributed by atoms with Gasteiger partial charge in [-0.1, -0.05) is 42.5 Å². The van der Waals surface area contributed by atoms with E-state index in [1.165, 1.54) is 36.4 Å². The van der Waals surface area contributed by atoms with Crippen molar-refractivity contribution in [2.24, 2.45) is 11.5 Å². The lowest BCUT2D eigenvalue weighted by Crippen LogP contribution is -2.59. The van der Waals surface area contributed by atoms with E-state index in [0.717, 1.165) is 0 Å². The quantitative estimate of drug-likeness (QED) is 0.0788. The number of carbonyl (C=O) groups is 7. The van der Waals surface area contributed by atoms with E-state index in [-0.39, 0.29) is 42.7 Å². The van der Waals surface area contributed by atoms with Gasteiger partial charge in [-0.3, -0.25) is 33.6 Å². The lowest BCUT2D eigenvalue weighted by atomic mass is 10.0. The van der Waals surface area contributed by atoms with E-state index in [9.17, 15) is 43.8 Å². The Kier molecular flexibility index (Phi) is 14.3. The Morgan fingerprint density at radius 3 is 1.48 bits per heavy atom. The lowest BCUT2D eigenvalue weighted by molar-refractivity contribution is -0.134. The van der Waals surface area contributed by atoms with Crippen LogP contribution in [0.3, 0.4) is 0 Å². The summed E-state index contributed by atoms with van der Waals surface area (Å²) in [6.07, 6.45) is -1.38. The maximum atomic E-state index is 13.9. The molecule has 0 radical (unpaired) electrons. The predicted octanol–water partition coefficient (Wildman–Crippen LogP) is -0.267. The maximum Gasteiger partial charge on any atom is 0.251 e. The standard InChI is InChI=1S/C34H38N6O9S/c35-28(43)15-14-24(34(49)50)37-33(48)27(18-29(36)44)40-32(47)26(17-20-8-12-23(42)13-9-20)39-31(46)25(16-19-6-10-22(41)11-7-19)38-30(45)21-4-2-1-3-5-21/h1-13,24-27,41-42H,14-18H2,(H2,35,43)(H2,36,44)(H,37,48)(H,38,45)(H,39,46)(H,40,47)(H,49,50)/t24-,25+,26-,27-/m0/s1. The van der Waals surface area contributed by atoms with Gasteiger partial charge >= 0.3 is 0 Å². The number of hydrogen-bond donors (Lipinski definition) is 9. The first kappa shape index (κ1) is 38.5. The van der Waals surface area contributed by atoms with Crippen molar-refractivity contribution < 1.29 is 43.8 Å². The van der Waals surface area contributed by atoms with Crippen LogP contribution in [0.15, 0.2) is 78.9 Å². The van der Waals surface area contributed by atoms with Gasteiger partial charge in [0.05, 0.1) is 12.5 Å². The van der Waals surface area contributed by atoms with Gasteiger partial charge in [-0.05, 0) is 53.9 Å². The lowest BCUT2D eigenvalue weighted by Gasteiger charge is -2.26. The van der Waals surface area contributed by atoms with E-state index in [1.807, 2.05) is 0 Å². The molecule has 0 fully saturated rings. The second kappa shape index (κ2) is 18.6. The predicted molar refractivity (Wildman–Crippen MR) is 183 cm³/mol. The Hall–Kier alpha value is -5.90. The zero-order valence-electron chi connectivity index (χ0n) is 26.7. The Labute approximate surface area is 292 Å². The molecule has 0 saturated carbocycles. The molecule has 0 aliphatic rings. The molecule has 3 aromatic rings. The molecule has 0 heterocycles. The van der Waals surface area contributed by atoms with Crippen LogP contribution in [0.1, 0.15) is 40.7 Å². The fraction of sp³-hybridized carbons (Fsp3) is 0.265. The summed E-state index contributed by atoms with van der Waals surface area (Å²) < 4.78 is 0. The molecular weight excluding hydrogens is 668 g/mol. The number of phenolic OH excluding ortho intramolecular Hbond substituents is 2. The normalized spacial score (nSPS) is 13.1. The van der Waals surface area contributed by atoms with Crippen LogP contribution in [0.2, 0.25) is 0 Å². The number of primary amides is 2. The van der Waals surface area contributed by atoms with E-state index >= 15 is 0 Å². The van der Waals surface area contributed by atoms with Gasteiger partial charge in [0.1, 0.15) is 29.6 Å². The SMILES string of the molecule is NC(=O)CC[C@H](NC(=O)[C@H](CC(N)=O)NC(=O)[C@H](Cc1ccc(O)cc1)NC(=O)[C@@H](Cc1ccc(O)cc1)NC(=O)c1ccccc1)C(=O)S. The highest BCUT2D eigenvalue weighted by Crippen LogP contribution is 2.15. The molecule has 16 heteroatoms. The summed E-state index contributed by atoms with van der Waals surface area (Å²) in [5.74, 6) is -5.08. The molecule has 50 heavy (non-hydrogen) atoms. The van der Waals surface area contributed by atoms with Crippen LogP contribution < -0.4 is 32.7 Å². The first-order valence-electron chi connectivity index (χ1n) is 15.3. The number of benzene rings is 3. The maximum absolute atomic E-state index is 13.9. The van der Waals surface area contributed by atoms with Gasteiger partial charge < -0.3 is 42.9 Å². The minimum Gasteiger partial charge on any atom is -0.508 e. The molecule has 3 rings (SSSR count). The van der Waals surface area contributed by atoms with Crippen LogP contribution in [-0.2, 0) is 41.6 Å². The average molecular weight is 707 g/mol. The third-order valence-corrected chi connectivity index (χ3v) is 7.69. The van der Waals surface area contributed by atoms with Crippen molar-refractivity contribution in [3.8, 4) is 11.5 Å². The Balaban J connectivity index is 1.90. The number of carbonyl (C=O) groups excluding carboxylic acids is 7. The van der Waals surface area contributed by atoms with Crippen LogP contribution >= 0.6 is 12.6 Å². The number of rotatable bonds is 18. The fourth-order valence-corrected chi connectivity index (χ4v) is 4.95. The number of nitrogens with one attached hydrogen (secondary N) is 4. The number of phenols is 2. The van der Waals surface area contributed by atoms with Gasteiger partial charge in [0.25, 0.3) is 5.91 Å². The Morgan fingerprint density at radius 2 is 1.02 bits per heavy atom. The van der Waals surface area contributed by atoms with Crippen LogP contribution in [0.5, 0.6) is 11.5 Å². The van der Waals surface area contributed by atoms with Crippen molar-refractivity contribution in [3.05, 3.63) is 95.6 Å². The number of nitrogens with two attached hydrogens (primary N) is 2. The molecule has 0 unspecified atom stereocenters. The largest absolute Gasteiger partial charge is 0.508 e. The minimum atomic E-state index is -1.62. The third kappa shape index (κ3) is 12.6. The molecule has 0 bridgehead atoms.